The lowest BCUT2D eigenvalue weighted by Crippen LogP contribution is -2.34. The van der Waals surface area contributed by atoms with E-state index in [1.54, 1.807) is 13.1 Å². The van der Waals surface area contributed by atoms with Crippen molar-refractivity contribution < 1.29 is 27.1 Å². The number of nitrogens with zero attached hydrogens (tertiary/aromatic N) is 5. The number of carbonyl (C=O) groups is 1. The van der Waals surface area contributed by atoms with Crippen LogP contribution in [0.2, 0.25) is 0 Å². The predicted octanol–water partition coefficient (Wildman–Crippen LogP) is 3.89. The van der Waals surface area contributed by atoms with Gasteiger partial charge in [0.2, 0.25) is 5.62 Å². The fraction of sp³-hybridized carbons (Fsp3) is 0.269. The number of benzene rings is 1. The second kappa shape index (κ2) is 9.42. The number of aromatic nitrogens is 4. The largest absolute Gasteiger partial charge is 0.433 e. The molecule has 2 aromatic rings. The summed E-state index contributed by atoms with van der Waals surface area (Å²) in [7, 11) is 0. The number of hydrogen-bond acceptors (Lipinski definition) is 7. The third-order valence-electron chi connectivity index (χ3n) is 6.53. The van der Waals surface area contributed by atoms with Gasteiger partial charge in [-0.25, -0.2) is 19.4 Å². The van der Waals surface area contributed by atoms with Crippen molar-refractivity contribution in [3.8, 4) is 22.5 Å². The SMILES string of the molecule is Cc1cc(F)c(NC(=O)c2cccc(C(F)(F)F)n2)cc1-c1cc2cnc(=NC3COC3)nc-2n2c1NCC2. The Balaban J connectivity index is 1.39. The van der Waals surface area contributed by atoms with Gasteiger partial charge in [-0.15, -0.1) is 0 Å². The van der Waals surface area contributed by atoms with Crippen LogP contribution in [0.25, 0.3) is 22.5 Å². The predicted molar refractivity (Wildman–Crippen MR) is 133 cm³/mol. The fourth-order valence-corrected chi connectivity index (χ4v) is 4.55. The zero-order chi connectivity index (χ0) is 27.3. The summed E-state index contributed by atoms with van der Waals surface area (Å²) in [5.74, 6) is -0.251. The molecule has 0 aliphatic carbocycles. The summed E-state index contributed by atoms with van der Waals surface area (Å²) in [6, 6.07) is 7.60. The van der Waals surface area contributed by atoms with Crippen molar-refractivity contribution in [2.75, 3.05) is 30.4 Å². The van der Waals surface area contributed by atoms with Crippen molar-refractivity contribution >= 4 is 17.4 Å². The van der Waals surface area contributed by atoms with E-state index in [2.05, 4.69) is 30.6 Å². The molecule has 4 aliphatic heterocycles. The standard InChI is InChI=1S/C26H21F4N7O2/c1-13-7-18(27)20(35-24(38)19-3-2-4-21(34-19)26(28,29)30)9-16(13)17-8-14-10-32-25(33-15-11-39-12-15)36-22(14)37-6-5-31-23(17)37/h2-4,7-10,15,31H,5-6,11-12H2,1H3,(H,35,38). The molecule has 39 heavy (non-hydrogen) atoms. The van der Waals surface area contributed by atoms with Crippen molar-refractivity contribution in [3.05, 3.63) is 71.0 Å². The monoisotopic (exact) mass is 539 g/mol. The first-order chi connectivity index (χ1) is 18.7. The Labute approximate surface area is 219 Å². The molecule has 13 heteroatoms. The quantitative estimate of drug-likeness (QED) is 0.382. The van der Waals surface area contributed by atoms with Crippen LogP contribution in [0.5, 0.6) is 0 Å². The molecule has 9 nitrogen and oxygen atoms in total. The summed E-state index contributed by atoms with van der Waals surface area (Å²) >= 11 is 0. The highest BCUT2D eigenvalue weighted by Crippen LogP contribution is 2.39. The highest BCUT2D eigenvalue weighted by Gasteiger charge is 2.33. The molecule has 6 rings (SSSR count). The van der Waals surface area contributed by atoms with Crippen LogP contribution in [0.3, 0.4) is 0 Å². The first-order valence-electron chi connectivity index (χ1n) is 12.1. The molecule has 5 heterocycles. The topological polar surface area (TPSA) is 106 Å². The Hall–Kier alpha value is -4.39. The van der Waals surface area contributed by atoms with Crippen LogP contribution in [-0.4, -0.2) is 51.2 Å². The van der Waals surface area contributed by atoms with Crippen molar-refractivity contribution in [2.24, 2.45) is 4.99 Å². The molecule has 0 unspecified atom stereocenters. The van der Waals surface area contributed by atoms with Gasteiger partial charge in [-0.1, -0.05) is 6.07 Å². The van der Waals surface area contributed by atoms with E-state index < -0.39 is 29.3 Å². The van der Waals surface area contributed by atoms with E-state index >= 15 is 0 Å². The second-order valence-electron chi connectivity index (χ2n) is 9.26. The first kappa shape index (κ1) is 24.9. The summed E-state index contributed by atoms with van der Waals surface area (Å²) < 4.78 is 61.2. The number of rotatable bonds is 4. The van der Waals surface area contributed by atoms with Gasteiger partial charge in [0.15, 0.2) is 0 Å². The van der Waals surface area contributed by atoms with Crippen LogP contribution in [0, 0.1) is 12.7 Å². The van der Waals surface area contributed by atoms with Gasteiger partial charge in [-0.05, 0) is 48.4 Å². The third-order valence-corrected chi connectivity index (χ3v) is 6.53. The van der Waals surface area contributed by atoms with Gasteiger partial charge >= 0.3 is 6.18 Å². The van der Waals surface area contributed by atoms with Crippen molar-refractivity contribution in [2.45, 2.75) is 25.7 Å². The van der Waals surface area contributed by atoms with Crippen LogP contribution in [0.4, 0.5) is 29.1 Å². The summed E-state index contributed by atoms with van der Waals surface area (Å²) in [4.78, 5) is 29.6. The van der Waals surface area contributed by atoms with Crippen LogP contribution < -0.4 is 16.3 Å². The highest BCUT2D eigenvalue weighted by atomic mass is 19.4. The molecule has 0 atom stereocenters. The van der Waals surface area contributed by atoms with Crippen molar-refractivity contribution in [1.29, 1.82) is 0 Å². The summed E-state index contributed by atoms with van der Waals surface area (Å²) in [5.41, 5.74) is 1.16. The van der Waals surface area contributed by atoms with Gasteiger partial charge < -0.3 is 19.9 Å². The molecule has 1 aromatic heterocycles. The van der Waals surface area contributed by atoms with Crippen LogP contribution in [0.1, 0.15) is 21.7 Å². The maximum atomic E-state index is 14.9. The Morgan fingerprint density at radius 2 is 2.00 bits per heavy atom. The van der Waals surface area contributed by atoms with Gasteiger partial charge in [0.25, 0.3) is 5.91 Å². The Kier molecular flexibility index (Phi) is 6.02. The number of halogens is 4. The van der Waals surface area contributed by atoms with Crippen LogP contribution >= 0.6 is 0 Å². The highest BCUT2D eigenvalue weighted by molar-refractivity contribution is 6.03. The Morgan fingerprint density at radius 1 is 1.18 bits per heavy atom. The number of hydrogen-bond donors (Lipinski definition) is 2. The number of amides is 1. The zero-order valence-corrected chi connectivity index (χ0v) is 20.5. The Bertz CT molecular complexity index is 1650. The number of pyridine rings is 2. The van der Waals surface area contributed by atoms with E-state index in [0.29, 0.717) is 48.9 Å². The number of fused-ring (bicyclic) bond motifs is 3. The lowest BCUT2D eigenvalue weighted by Gasteiger charge is -2.21. The normalized spacial score (nSPS) is 15.7. The molecule has 0 bridgehead atoms. The van der Waals surface area contributed by atoms with Crippen LogP contribution in [-0.2, 0) is 17.5 Å². The molecular formula is C26H21F4N7O2. The Morgan fingerprint density at radius 3 is 2.74 bits per heavy atom. The molecule has 1 amide bonds. The molecule has 1 fully saturated rings. The maximum Gasteiger partial charge on any atom is 0.433 e. The van der Waals surface area contributed by atoms with E-state index in [-0.39, 0.29) is 11.7 Å². The fourth-order valence-electron chi connectivity index (χ4n) is 4.55. The second-order valence-corrected chi connectivity index (χ2v) is 9.26. The van der Waals surface area contributed by atoms with E-state index in [1.807, 2.05) is 10.6 Å². The van der Waals surface area contributed by atoms with E-state index in [0.717, 1.165) is 35.1 Å². The average Bonchev–Trinajstić information content (AvgIpc) is 3.37. The lowest BCUT2D eigenvalue weighted by atomic mass is 9.98. The number of ether oxygens (including phenoxy) is 1. The number of nitrogens with one attached hydrogen (secondary N) is 2. The minimum Gasteiger partial charge on any atom is -0.377 e. The van der Waals surface area contributed by atoms with E-state index in [1.165, 1.54) is 12.1 Å². The molecule has 2 N–H and O–H groups in total. The minimum absolute atomic E-state index is 0.0412. The van der Waals surface area contributed by atoms with Gasteiger partial charge in [-0.2, -0.15) is 18.2 Å². The minimum atomic E-state index is -4.72. The number of aryl methyl sites for hydroxylation is 1. The molecule has 200 valence electrons. The maximum absolute atomic E-state index is 14.9. The smallest absolute Gasteiger partial charge is 0.377 e. The van der Waals surface area contributed by atoms with Crippen molar-refractivity contribution in [3.63, 3.8) is 0 Å². The molecule has 4 aliphatic rings. The van der Waals surface area contributed by atoms with Gasteiger partial charge in [0.1, 0.15) is 34.9 Å². The lowest BCUT2D eigenvalue weighted by molar-refractivity contribution is -0.141. The summed E-state index contributed by atoms with van der Waals surface area (Å²) in [5, 5.41) is 5.71. The number of anilines is 2. The van der Waals surface area contributed by atoms with Gasteiger partial charge in [-0.3, -0.25) is 4.79 Å². The first-order valence-corrected chi connectivity index (χ1v) is 12.1. The molecule has 1 saturated heterocycles. The third kappa shape index (κ3) is 4.69. The van der Waals surface area contributed by atoms with Crippen LogP contribution in [0.15, 0.2) is 47.6 Å². The van der Waals surface area contributed by atoms with Gasteiger partial charge in [0.05, 0.1) is 18.9 Å². The molecule has 0 radical (unpaired) electrons. The summed E-state index contributed by atoms with van der Waals surface area (Å²) in [6.07, 6.45) is -3.04. The molecule has 1 aromatic carbocycles. The molecule has 0 spiro atoms. The summed E-state index contributed by atoms with van der Waals surface area (Å²) in [6.45, 7) is 4.09. The average molecular weight is 539 g/mol. The number of alkyl halides is 3. The van der Waals surface area contributed by atoms with Crippen molar-refractivity contribution in [1.82, 2.24) is 19.5 Å². The number of carbonyl (C=O) groups excluding carboxylic acids is 1. The van der Waals surface area contributed by atoms with Gasteiger partial charge in [0, 0.05) is 30.4 Å². The van der Waals surface area contributed by atoms with E-state index in [9.17, 15) is 22.4 Å². The molecular weight excluding hydrogens is 518 g/mol. The zero-order valence-electron chi connectivity index (χ0n) is 20.5. The molecule has 0 saturated carbocycles. The van der Waals surface area contributed by atoms with E-state index in [4.69, 9.17) is 4.74 Å².